The van der Waals surface area contributed by atoms with Crippen LogP contribution in [0.25, 0.3) is 0 Å². The van der Waals surface area contributed by atoms with E-state index in [0.29, 0.717) is 24.3 Å². The predicted octanol–water partition coefficient (Wildman–Crippen LogP) is 2.17. The Morgan fingerprint density at radius 1 is 1.44 bits per heavy atom. The van der Waals surface area contributed by atoms with E-state index in [4.69, 9.17) is 4.74 Å². The predicted molar refractivity (Wildman–Crippen MR) is 64.2 cm³/mol. The van der Waals surface area contributed by atoms with Gasteiger partial charge in [0.05, 0.1) is 17.9 Å². The highest BCUT2D eigenvalue weighted by Gasteiger charge is 2.05. The van der Waals surface area contributed by atoms with Gasteiger partial charge in [0.2, 0.25) is 0 Å². The maximum absolute atomic E-state index is 11.8. The van der Waals surface area contributed by atoms with E-state index in [1.807, 2.05) is 18.2 Å². The lowest BCUT2D eigenvalue weighted by atomic mass is 10.3. The number of methoxy groups -OCH3 is 1. The summed E-state index contributed by atoms with van der Waals surface area (Å²) in [6.45, 7) is 1.55. The van der Waals surface area contributed by atoms with Crippen LogP contribution in [0.15, 0.2) is 29.2 Å². The van der Waals surface area contributed by atoms with Gasteiger partial charge < -0.3 is 9.53 Å². The van der Waals surface area contributed by atoms with Crippen molar-refractivity contribution >= 4 is 16.6 Å². The van der Waals surface area contributed by atoms with Gasteiger partial charge in [-0.1, -0.05) is 6.07 Å². The zero-order valence-corrected chi connectivity index (χ0v) is 10.4. The number of hydrogen-bond donors (Lipinski definition) is 0. The maximum Gasteiger partial charge on any atom is 0.129 e. The van der Waals surface area contributed by atoms with Crippen molar-refractivity contribution in [2.45, 2.75) is 24.7 Å². The fourth-order valence-electron chi connectivity index (χ4n) is 1.31. The molecule has 0 bridgehead atoms. The molecule has 0 aliphatic heterocycles. The van der Waals surface area contributed by atoms with Crippen molar-refractivity contribution in [2.75, 3.05) is 12.9 Å². The Hall–Kier alpha value is -1.16. The Kier molecular flexibility index (Phi) is 5.19. The molecular weight excluding hydrogens is 224 g/mol. The average molecular weight is 240 g/mol. The van der Waals surface area contributed by atoms with E-state index in [1.54, 1.807) is 20.1 Å². The smallest absolute Gasteiger partial charge is 0.129 e. The van der Waals surface area contributed by atoms with Gasteiger partial charge in [-0.15, -0.1) is 0 Å². The minimum atomic E-state index is -1.04. The molecule has 1 rings (SSSR count). The van der Waals surface area contributed by atoms with E-state index in [0.717, 1.165) is 4.90 Å². The highest BCUT2D eigenvalue weighted by atomic mass is 32.2. The normalized spacial score (nSPS) is 12.1. The summed E-state index contributed by atoms with van der Waals surface area (Å²) in [5.74, 6) is 1.37. The molecular formula is C12H16O3S. The molecule has 0 saturated heterocycles. The van der Waals surface area contributed by atoms with Crippen LogP contribution < -0.4 is 4.74 Å². The van der Waals surface area contributed by atoms with Gasteiger partial charge in [0, 0.05) is 17.1 Å². The van der Waals surface area contributed by atoms with Crippen LogP contribution in [-0.2, 0) is 15.6 Å². The number of hydrogen-bond acceptors (Lipinski definition) is 3. The van der Waals surface area contributed by atoms with Crippen LogP contribution in [0.1, 0.15) is 19.8 Å². The molecule has 0 aromatic heterocycles. The van der Waals surface area contributed by atoms with Gasteiger partial charge in [-0.25, -0.2) is 0 Å². The van der Waals surface area contributed by atoms with E-state index >= 15 is 0 Å². The number of ether oxygens (including phenoxy) is 1. The highest BCUT2D eigenvalue weighted by Crippen LogP contribution is 2.16. The number of rotatable bonds is 6. The topological polar surface area (TPSA) is 43.4 Å². The summed E-state index contributed by atoms with van der Waals surface area (Å²) >= 11 is 0. The van der Waals surface area contributed by atoms with E-state index in [9.17, 15) is 9.00 Å². The molecule has 0 aliphatic rings. The molecule has 0 radical (unpaired) electrons. The standard InChI is InChI=1S/C12H16O3S/c1-10(13)5-4-8-16(14)12-7-3-6-11(9-12)15-2/h3,6-7,9H,4-5,8H2,1-2H3. The van der Waals surface area contributed by atoms with E-state index in [-0.39, 0.29) is 5.78 Å². The second kappa shape index (κ2) is 6.43. The van der Waals surface area contributed by atoms with Crippen molar-refractivity contribution in [2.24, 2.45) is 0 Å². The molecule has 0 heterocycles. The molecule has 0 spiro atoms. The van der Waals surface area contributed by atoms with Crippen LogP contribution in [0.4, 0.5) is 0 Å². The molecule has 3 nitrogen and oxygen atoms in total. The van der Waals surface area contributed by atoms with Gasteiger partial charge in [-0.3, -0.25) is 4.21 Å². The minimum Gasteiger partial charge on any atom is -0.497 e. The largest absolute Gasteiger partial charge is 0.497 e. The molecule has 0 saturated carbocycles. The summed E-state index contributed by atoms with van der Waals surface area (Å²) in [6, 6.07) is 7.21. The van der Waals surface area contributed by atoms with Crippen LogP contribution in [0, 0.1) is 0 Å². The van der Waals surface area contributed by atoms with Crippen molar-refractivity contribution in [3.05, 3.63) is 24.3 Å². The fraction of sp³-hybridized carbons (Fsp3) is 0.417. The third-order valence-electron chi connectivity index (χ3n) is 2.16. The summed E-state index contributed by atoms with van der Waals surface area (Å²) in [5, 5.41) is 0. The fourth-order valence-corrected chi connectivity index (χ4v) is 2.43. The Balaban J connectivity index is 2.55. The zero-order chi connectivity index (χ0) is 12.0. The first-order chi connectivity index (χ1) is 7.63. The van der Waals surface area contributed by atoms with Crippen LogP contribution in [-0.4, -0.2) is 22.9 Å². The SMILES string of the molecule is COc1cccc(S(=O)CCCC(C)=O)c1. The maximum atomic E-state index is 11.8. The van der Waals surface area contributed by atoms with E-state index < -0.39 is 10.8 Å². The van der Waals surface area contributed by atoms with Crippen molar-refractivity contribution in [1.82, 2.24) is 0 Å². The van der Waals surface area contributed by atoms with Gasteiger partial charge in [-0.05, 0) is 31.5 Å². The zero-order valence-electron chi connectivity index (χ0n) is 9.56. The lowest BCUT2D eigenvalue weighted by Gasteiger charge is -2.04. The number of Topliss-reactive ketones (excluding diaryl/α,β-unsaturated/α-hetero) is 1. The van der Waals surface area contributed by atoms with Crippen molar-refractivity contribution < 1.29 is 13.7 Å². The Morgan fingerprint density at radius 2 is 2.19 bits per heavy atom. The minimum absolute atomic E-state index is 0.141. The molecule has 1 atom stereocenters. The molecule has 0 N–H and O–H groups in total. The van der Waals surface area contributed by atoms with Crippen molar-refractivity contribution in [3.8, 4) is 5.75 Å². The number of ketones is 1. The summed E-state index contributed by atoms with van der Waals surface area (Å²) in [4.78, 5) is 11.5. The quantitative estimate of drug-likeness (QED) is 0.765. The first-order valence-corrected chi connectivity index (χ1v) is 6.47. The van der Waals surface area contributed by atoms with Gasteiger partial charge in [0.1, 0.15) is 11.5 Å². The summed E-state index contributed by atoms with van der Waals surface area (Å²) < 4.78 is 16.9. The average Bonchev–Trinajstić information content (AvgIpc) is 2.28. The highest BCUT2D eigenvalue weighted by molar-refractivity contribution is 7.85. The summed E-state index contributed by atoms with van der Waals surface area (Å²) in [6.07, 6.45) is 1.16. The lowest BCUT2D eigenvalue weighted by molar-refractivity contribution is -0.117. The van der Waals surface area contributed by atoms with Crippen LogP contribution in [0.2, 0.25) is 0 Å². The van der Waals surface area contributed by atoms with Gasteiger partial charge in [0.15, 0.2) is 0 Å². The molecule has 88 valence electrons. The van der Waals surface area contributed by atoms with Crippen LogP contribution in [0.5, 0.6) is 5.75 Å². The third-order valence-corrected chi connectivity index (χ3v) is 3.60. The molecule has 1 aromatic carbocycles. The molecule has 1 aromatic rings. The third kappa shape index (κ3) is 4.14. The molecule has 0 amide bonds. The van der Waals surface area contributed by atoms with E-state index in [2.05, 4.69) is 0 Å². The lowest BCUT2D eigenvalue weighted by Crippen LogP contribution is -2.01. The van der Waals surface area contributed by atoms with Crippen LogP contribution in [0.3, 0.4) is 0 Å². The molecule has 0 fully saturated rings. The van der Waals surface area contributed by atoms with Gasteiger partial charge >= 0.3 is 0 Å². The number of carbonyl (C=O) groups is 1. The molecule has 0 aliphatic carbocycles. The second-order valence-corrected chi connectivity index (χ2v) is 5.10. The number of carbonyl (C=O) groups excluding carboxylic acids is 1. The monoisotopic (exact) mass is 240 g/mol. The first-order valence-electron chi connectivity index (χ1n) is 5.15. The van der Waals surface area contributed by atoms with Crippen molar-refractivity contribution in [3.63, 3.8) is 0 Å². The Labute approximate surface area is 98.3 Å². The summed E-state index contributed by atoms with van der Waals surface area (Å²) in [5.41, 5.74) is 0. The van der Waals surface area contributed by atoms with Gasteiger partial charge in [-0.2, -0.15) is 0 Å². The van der Waals surface area contributed by atoms with E-state index in [1.165, 1.54) is 0 Å². The second-order valence-electron chi connectivity index (χ2n) is 3.53. The molecule has 4 heteroatoms. The Bertz CT molecular complexity index is 388. The molecule has 1 unspecified atom stereocenters. The number of benzene rings is 1. The summed E-state index contributed by atoms with van der Waals surface area (Å²) in [7, 11) is 0.537. The van der Waals surface area contributed by atoms with Gasteiger partial charge in [0.25, 0.3) is 0 Å². The van der Waals surface area contributed by atoms with Crippen LogP contribution >= 0.6 is 0 Å². The Morgan fingerprint density at radius 3 is 2.81 bits per heavy atom. The van der Waals surface area contributed by atoms with Crippen molar-refractivity contribution in [1.29, 1.82) is 0 Å². The molecule has 16 heavy (non-hydrogen) atoms. The first kappa shape index (κ1) is 12.9.